The summed E-state index contributed by atoms with van der Waals surface area (Å²) in [6.45, 7) is 3.90. The third-order valence-corrected chi connectivity index (χ3v) is 3.14. The first kappa shape index (κ1) is 13.1. The van der Waals surface area contributed by atoms with E-state index in [4.69, 9.17) is 10.5 Å². The van der Waals surface area contributed by atoms with Crippen LogP contribution < -0.4 is 11.1 Å². The number of carbonyl (C=O) groups is 1. The van der Waals surface area contributed by atoms with Gasteiger partial charge in [0.25, 0.3) is 0 Å². The van der Waals surface area contributed by atoms with Gasteiger partial charge in [0, 0.05) is 6.04 Å². The molecule has 1 aromatic rings. The fraction of sp³-hybridized carbons (Fsp3) is 0.500. The summed E-state index contributed by atoms with van der Waals surface area (Å²) in [5.41, 5.74) is 8.43. The van der Waals surface area contributed by atoms with E-state index in [9.17, 15) is 4.79 Å². The fourth-order valence-electron chi connectivity index (χ4n) is 2.27. The van der Waals surface area contributed by atoms with Crippen LogP contribution in [0.15, 0.2) is 24.3 Å². The normalized spacial score (nSPS) is 22.0. The van der Waals surface area contributed by atoms with Crippen LogP contribution in [0.5, 0.6) is 0 Å². The largest absolute Gasteiger partial charge is 0.369 e. The molecular formula is C14H20N2O2. The van der Waals surface area contributed by atoms with E-state index in [1.807, 2.05) is 32.0 Å². The molecule has 3 N–H and O–H groups in total. The summed E-state index contributed by atoms with van der Waals surface area (Å²) in [5, 5.41) is 2.95. The van der Waals surface area contributed by atoms with Crippen LogP contribution in [0.3, 0.4) is 0 Å². The van der Waals surface area contributed by atoms with Gasteiger partial charge in [-0.3, -0.25) is 4.79 Å². The molecule has 0 radical (unpaired) electrons. The number of nitrogens with one attached hydrogen (secondary N) is 1. The number of amides is 1. The van der Waals surface area contributed by atoms with E-state index in [0.29, 0.717) is 0 Å². The van der Waals surface area contributed by atoms with Crippen molar-refractivity contribution < 1.29 is 9.53 Å². The van der Waals surface area contributed by atoms with E-state index in [0.717, 1.165) is 12.0 Å². The average Bonchev–Trinajstić information content (AvgIpc) is 2.64. The van der Waals surface area contributed by atoms with Crippen LogP contribution in [0, 0.1) is 0 Å². The molecule has 1 aromatic carbocycles. The van der Waals surface area contributed by atoms with Crippen molar-refractivity contribution in [1.29, 1.82) is 0 Å². The molecule has 0 spiro atoms. The van der Waals surface area contributed by atoms with E-state index in [-0.39, 0.29) is 30.7 Å². The van der Waals surface area contributed by atoms with Gasteiger partial charge in [-0.25, -0.2) is 0 Å². The molecule has 4 heteroatoms. The van der Waals surface area contributed by atoms with Gasteiger partial charge in [0.05, 0.1) is 12.1 Å². The number of carbonyl (C=O) groups excluding carboxylic acids is 1. The molecule has 1 amide bonds. The van der Waals surface area contributed by atoms with Crippen molar-refractivity contribution in [2.75, 3.05) is 6.61 Å². The smallest absolute Gasteiger partial charge is 0.246 e. The topological polar surface area (TPSA) is 64.3 Å². The number of ether oxygens (including phenoxy) is 1. The molecule has 0 heterocycles. The summed E-state index contributed by atoms with van der Waals surface area (Å²) in [6, 6.07) is 7.91. The molecule has 2 atom stereocenters. The van der Waals surface area contributed by atoms with Crippen LogP contribution >= 0.6 is 0 Å². The quantitative estimate of drug-likeness (QED) is 0.840. The highest BCUT2D eigenvalue weighted by Crippen LogP contribution is 2.29. The number of rotatable bonds is 4. The van der Waals surface area contributed by atoms with Gasteiger partial charge in [-0.05, 0) is 31.4 Å². The van der Waals surface area contributed by atoms with Gasteiger partial charge in [0.2, 0.25) is 5.91 Å². The second-order valence-electron chi connectivity index (χ2n) is 4.97. The number of hydrogen-bond acceptors (Lipinski definition) is 3. The second kappa shape index (κ2) is 5.50. The van der Waals surface area contributed by atoms with Crippen molar-refractivity contribution in [1.82, 2.24) is 5.32 Å². The number of fused-ring (bicyclic) bond motifs is 1. The fourth-order valence-corrected chi connectivity index (χ4v) is 2.27. The van der Waals surface area contributed by atoms with Crippen LogP contribution in [-0.2, 0) is 16.0 Å². The maximum absolute atomic E-state index is 11.8. The van der Waals surface area contributed by atoms with E-state index < -0.39 is 0 Å². The lowest BCUT2D eigenvalue weighted by molar-refractivity contribution is -0.127. The first-order valence-electron chi connectivity index (χ1n) is 6.32. The molecule has 1 aliphatic carbocycles. The van der Waals surface area contributed by atoms with Gasteiger partial charge in [-0.15, -0.1) is 0 Å². The minimum Gasteiger partial charge on any atom is -0.369 e. The van der Waals surface area contributed by atoms with Gasteiger partial charge in [0.15, 0.2) is 0 Å². The molecule has 0 aromatic heterocycles. The second-order valence-corrected chi connectivity index (χ2v) is 4.97. The Morgan fingerprint density at radius 1 is 1.50 bits per heavy atom. The van der Waals surface area contributed by atoms with Crippen LogP contribution in [0.25, 0.3) is 0 Å². The zero-order valence-corrected chi connectivity index (χ0v) is 10.8. The van der Waals surface area contributed by atoms with E-state index in [1.165, 1.54) is 5.56 Å². The molecule has 98 valence electrons. The maximum Gasteiger partial charge on any atom is 0.246 e. The molecule has 2 rings (SSSR count). The summed E-state index contributed by atoms with van der Waals surface area (Å²) in [4.78, 5) is 11.8. The van der Waals surface area contributed by atoms with E-state index in [2.05, 4.69) is 11.4 Å². The minimum absolute atomic E-state index is 0.0506. The Bertz CT molecular complexity index is 432. The summed E-state index contributed by atoms with van der Waals surface area (Å²) in [6.07, 6.45) is 0.867. The van der Waals surface area contributed by atoms with Crippen LogP contribution in [0.4, 0.5) is 0 Å². The Balaban J connectivity index is 1.99. The zero-order chi connectivity index (χ0) is 13.1. The molecule has 0 aliphatic heterocycles. The van der Waals surface area contributed by atoms with Crippen molar-refractivity contribution in [2.45, 2.75) is 38.5 Å². The summed E-state index contributed by atoms with van der Waals surface area (Å²) in [5.74, 6) is -0.110. The lowest BCUT2D eigenvalue weighted by Crippen LogP contribution is -2.40. The molecular weight excluding hydrogens is 228 g/mol. The highest BCUT2D eigenvalue weighted by molar-refractivity contribution is 5.78. The van der Waals surface area contributed by atoms with Crippen molar-refractivity contribution >= 4 is 5.91 Å². The molecule has 0 fully saturated rings. The van der Waals surface area contributed by atoms with E-state index in [1.54, 1.807) is 0 Å². The van der Waals surface area contributed by atoms with Crippen LogP contribution in [0.1, 0.15) is 31.0 Å². The lowest BCUT2D eigenvalue weighted by atomic mass is 10.1. The number of nitrogens with two attached hydrogens (primary N) is 1. The average molecular weight is 248 g/mol. The number of benzene rings is 1. The monoisotopic (exact) mass is 248 g/mol. The maximum atomic E-state index is 11.8. The van der Waals surface area contributed by atoms with Gasteiger partial charge < -0.3 is 15.8 Å². The van der Waals surface area contributed by atoms with Crippen LogP contribution in [-0.4, -0.2) is 24.7 Å². The van der Waals surface area contributed by atoms with Crippen molar-refractivity contribution in [2.24, 2.45) is 5.73 Å². The minimum atomic E-state index is -0.110. The van der Waals surface area contributed by atoms with Crippen LogP contribution in [0.2, 0.25) is 0 Å². The Kier molecular flexibility index (Phi) is 3.99. The summed E-state index contributed by atoms with van der Waals surface area (Å²) < 4.78 is 5.28. The highest BCUT2D eigenvalue weighted by Gasteiger charge is 2.30. The van der Waals surface area contributed by atoms with Crippen molar-refractivity contribution in [3.05, 3.63) is 35.4 Å². The Hall–Kier alpha value is -1.39. The third kappa shape index (κ3) is 2.89. The van der Waals surface area contributed by atoms with Crippen molar-refractivity contribution in [3.8, 4) is 0 Å². The molecule has 18 heavy (non-hydrogen) atoms. The highest BCUT2D eigenvalue weighted by atomic mass is 16.5. The molecule has 2 unspecified atom stereocenters. The Morgan fingerprint density at radius 2 is 2.22 bits per heavy atom. The first-order chi connectivity index (χ1) is 8.58. The predicted molar refractivity (Wildman–Crippen MR) is 70.1 cm³/mol. The Labute approximate surface area is 108 Å². The van der Waals surface area contributed by atoms with Gasteiger partial charge in [-0.1, -0.05) is 24.3 Å². The van der Waals surface area contributed by atoms with Crippen molar-refractivity contribution in [3.63, 3.8) is 0 Å². The lowest BCUT2D eigenvalue weighted by Gasteiger charge is -2.19. The van der Waals surface area contributed by atoms with Gasteiger partial charge in [-0.2, -0.15) is 0 Å². The van der Waals surface area contributed by atoms with Gasteiger partial charge >= 0.3 is 0 Å². The first-order valence-corrected chi connectivity index (χ1v) is 6.32. The van der Waals surface area contributed by atoms with Gasteiger partial charge in [0.1, 0.15) is 6.61 Å². The number of hydrogen-bond donors (Lipinski definition) is 2. The Morgan fingerprint density at radius 3 is 2.94 bits per heavy atom. The summed E-state index contributed by atoms with van der Waals surface area (Å²) in [7, 11) is 0. The molecule has 0 bridgehead atoms. The molecule has 4 nitrogen and oxygen atoms in total. The zero-order valence-electron chi connectivity index (χ0n) is 10.8. The molecule has 0 saturated carbocycles. The SMILES string of the molecule is CC(C)OCC(=O)NC1c2ccccc2CC1N. The summed E-state index contributed by atoms with van der Waals surface area (Å²) >= 11 is 0. The third-order valence-electron chi connectivity index (χ3n) is 3.14. The predicted octanol–water partition coefficient (Wildman–Crippen LogP) is 1.15. The molecule has 0 saturated heterocycles. The van der Waals surface area contributed by atoms with E-state index >= 15 is 0 Å². The standard InChI is InChI=1S/C14H20N2O2/c1-9(2)18-8-13(17)16-14-11-6-4-3-5-10(11)7-12(14)15/h3-6,9,12,14H,7-8,15H2,1-2H3,(H,16,17). The molecule has 1 aliphatic rings.